The van der Waals surface area contributed by atoms with Crippen molar-refractivity contribution in [3.63, 3.8) is 0 Å². The molecule has 0 atom stereocenters. The van der Waals surface area contributed by atoms with Crippen LogP contribution in [0.1, 0.15) is 11.3 Å². The summed E-state index contributed by atoms with van der Waals surface area (Å²) in [5.41, 5.74) is 5.17. The molecule has 3 N–H and O–H groups in total. The van der Waals surface area contributed by atoms with Crippen LogP contribution in [0.25, 0.3) is 0 Å². The lowest BCUT2D eigenvalue weighted by Gasteiger charge is -2.11. The number of nitrogens with one attached hydrogen (secondary N) is 1. The molecule has 0 aliphatic rings. The van der Waals surface area contributed by atoms with Crippen LogP contribution in [-0.2, 0) is 0 Å². The second kappa shape index (κ2) is 7.09. The summed E-state index contributed by atoms with van der Waals surface area (Å²) in [4.78, 5) is 29.2. The van der Waals surface area contributed by atoms with E-state index in [1.54, 1.807) is 6.92 Å². The highest BCUT2D eigenvalue weighted by Crippen LogP contribution is 2.38. The molecule has 0 radical (unpaired) electrons. The second-order valence-corrected chi connectivity index (χ2v) is 4.63. The van der Waals surface area contributed by atoms with Gasteiger partial charge in [-0.2, -0.15) is 10.2 Å². The van der Waals surface area contributed by atoms with Crippen LogP contribution in [0.5, 0.6) is 17.4 Å². The first-order valence-electron chi connectivity index (χ1n) is 6.74. The van der Waals surface area contributed by atoms with E-state index in [1.165, 1.54) is 19.3 Å². The van der Waals surface area contributed by atoms with Crippen LogP contribution in [0.3, 0.4) is 0 Å². The van der Waals surface area contributed by atoms with Crippen molar-refractivity contribution in [1.82, 2.24) is 9.97 Å². The Bertz CT molecular complexity index is 892. The Balaban J connectivity index is 2.50. The standard InChI is InChI=1S/C14H12N6O5/c1-7-3-8(5-15)18-6-10(7)24-11-4-9(25-14(16)21)12(20(22)23)13(17-2)19-11/h3-4,6H,1-2H3,(H2,16,21)(H,17,19). The number of pyridine rings is 2. The van der Waals surface area contributed by atoms with Crippen molar-refractivity contribution < 1.29 is 19.2 Å². The van der Waals surface area contributed by atoms with Gasteiger partial charge in [-0.05, 0) is 18.6 Å². The first-order valence-corrected chi connectivity index (χ1v) is 6.74. The van der Waals surface area contributed by atoms with Crippen molar-refractivity contribution in [2.24, 2.45) is 5.73 Å². The number of amides is 1. The number of anilines is 1. The van der Waals surface area contributed by atoms with Crippen LogP contribution in [0.4, 0.5) is 16.3 Å². The molecular weight excluding hydrogens is 332 g/mol. The summed E-state index contributed by atoms with van der Waals surface area (Å²) < 4.78 is 10.2. The molecule has 0 aromatic carbocycles. The van der Waals surface area contributed by atoms with E-state index in [4.69, 9.17) is 15.7 Å². The Hall–Kier alpha value is -3.94. The minimum absolute atomic E-state index is 0.0965. The van der Waals surface area contributed by atoms with Gasteiger partial charge in [-0.25, -0.2) is 9.78 Å². The fourth-order valence-corrected chi connectivity index (χ4v) is 1.91. The van der Waals surface area contributed by atoms with E-state index in [2.05, 4.69) is 20.0 Å². The van der Waals surface area contributed by atoms with Crippen molar-refractivity contribution in [2.75, 3.05) is 12.4 Å². The molecule has 0 saturated heterocycles. The number of primary amides is 1. The summed E-state index contributed by atoms with van der Waals surface area (Å²) in [5, 5.41) is 22.5. The summed E-state index contributed by atoms with van der Waals surface area (Å²) >= 11 is 0. The zero-order valence-corrected chi connectivity index (χ0v) is 13.1. The average molecular weight is 344 g/mol. The topological polar surface area (TPSA) is 166 Å². The third-order valence-corrected chi connectivity index (χ3v) is 2.96. The fraction of sp³-hybridized carbons (Fsp3) is 0.143. The minimum Gasteiger partial charge on any atom is -0.437 e. The van der Waals surface area contributed by atoms with Crippen molar-refractivity contribution in [2.45, 2.75) is 6.92 Å². The van der Waals surface area contributed by atoms with Gasteiger partial charge in [0.25, 0.3) is 0 Å². The van der Waals surface area contributed by atoms with Gasteiger partial charge in [0, 0.05) is 7.05 Å². The number of nitro groups is 1. The Labute approximate surface area is 141 Å². The smallest absolute Gasteiger partial charge is 0.410 e. The molecule has 2 aromatic rings. The predicted octanol–water partition coefficient (Wildman–Crippen LogP) is 1.86. The van der Waals surface area contributed by atoms with Crippen molar-refractivity contribution in [3.05, 3.63) is 39.7 Å². The van der Waals surface area contributed by atoms with Gasteiger partial charge in [0.1, 0.15) is 11.8 Å². The molecule has 0 unspecified atom stereocenters. The minimum atomic E-state index is -1.22. The van der Waals surface area contributed by atoms with E-state index in [-0.39, 0.29) is 23.1 Å². The van der Waals surface area contributed by atoms with E-state index in [0.717, 1.165) is 6.07 Å². The number of ether oxygens (including phenoxy) is 2. The average Bonchev–Trinajstić information content (AvgIpc) is 2.55. The maximum Gasteiger partial charge on any atom is 0.410 e. The molecule has 0 aliphatic carbocycles. The number of aryl methyl sites for hydroxylation is 1. The SMILES string of the molecule is CNc1nc(Oc2cnc(C#N)cc2C)cc(OC(N)=O)c1[N+](=O)[O-]. The molecule has 0 spiro atoms. The molecular formula is C14H12N6O5. The largest absolute Gasteiger partial charge is 0.437 e. The van der Waals surface area contributed by atoms with E-state index < -0.39 is 22.5 Å². The Morgan fingerprint density at radius 2 is 2.16 bits per heavy atom. The molecule has 0 aliphatic heterocycles. The molecule has 25 heavy (non-hydrogen) atoms. The number of carbonyl (C=O) groups is 1. The highest BCUT2D eigenvalue weighted by molar-refractivity contribution is 5.74. The number of nitrogens with zero attached hydrogens (tertiary/aromatic N) is 4. The molecule has 2 aromatic heterocycles. The lowest BCUT2D eigenvalue weighted by atomic mass is 10.2. The van der Waals surface area contributed by atoms with E-state index in [1.807, 2.05) is 6.07 Å². The van der Waals surface area contributed by atoms with Crippen molar-refractivity contribution >= 4 is 17.6 Å². The second-order valence-electron chi connectivity index (χ2n) is 4.63. The van der Waals surface area contributed by atoms with Crippen LogP contribution in [0, 0.1) is 28.4 Å². The molecule has 0 fully saturated rings. The fourth-order valence-electron chi connectivity index (χ4n) is 1.91. The summed E-state index contributed by atoms with van der Waals surface area (Å²) in [5.74, 6) is -0.433. The number of carbonyl (C=O) groups excluding carboxylic acids is 1. The van der Waals surface area contributed by atoms with E-state index >= 15 is 0 Å². The molecule has 0 bridgehead atoms. The number of aromatic nitrogens is 2. The molecule has 11 heteroatoms. The highest BCUT2D eigenvalue weighted by atomic mass is 16.6. The van der Waals surface area contributed by atoms with E-state index in [0.29, 0.717) is 5.56 Å². The summed E-state index contributed by atoms with van der Waals surface area (Å²) in [6.07, 6.45) is 0.0866. The molecule has 2 rings (SSSR count). The number of hydrogen-bond acceptors (Lipinski definition) is 9. The molecule has 1 amide bonds. The number of hydrogen-bond donors (Lipinski definition) is 2. The highest BCUT2D eigenvalue weighted by Gasteiger charge is 2.26. The van der Waals surface area contributed by atoms with Crippen LogP contribution in [0.15, 0.2) is 18.3 Å². The Morgan fingerprint density at radius 1 is 1.44 bits per heavy atom. The van der Waals surface area contributed by atoms with Crippen molar-refractivity contribution in [1.29, 1.82) is 5.26 Å². The third-order valence-electron chi connectivity index (χ3n) is 2.96. The number of rotatable bonds is 5. The molecule has 128 valence electrons. The normalized spacial score (nSPS) is 9.80. The van der Waals surface area contributed by atoms with Gasteiger partial charge in [-0.3, -0.25) is 10.1 Å². The lowest BCUT2D eigenvalue weighted by Crippen LogP contribution is -2.17. The van der Waals surface area contributed by atoms with Gasteiger partial charge in [0.15, 0.2) is 5.75 Å². The summed E-state index contributed by atoms with van der Waals surface area (Å²) in [6, 6.07) is 4.45. The Kier molecular flexibility index (Phi) is 4.94. The maximum absolute atomic E-state index is 11.2. The Morgan fingerprint density at radius 3 is 2.68 bits per heavy atom. The zero-order valence-electron chi connectivity index (χ0n) is 13.1. The van der Waals surface area contributed by atoms with Gasteiger partial charge < -0.3 is 20.5 Å². The van der Waals surface area contributed by atoms with Gasteiger partial charge >= 0.3 is 11.8 Å². The lowest BCUT2D eigenvalue weighted by molar-refractivity contribution is -0.384. The van der Waals surface area contributed by atoms with E-state index in [9.17, 15) is 14.9 Å². The number of nitrogens with two attached hydrogens (primary N) is 1. The van der Waals surface area contributed by atoms with Crippen LogP contribution in [-0.4, -0.2) is 28.0 Å². The zero-order chi connectivity index (χ0) is 18.6. The van der Waals surface area contributed by atoms with Crippen LogP contribution in [0.2, 0.25) is 0 Å². The first kappa shape index (κ1) is 17.4. The van der Waals surface area contributed by atoms with Gasteiger partial charge in [-0.15, -0.1) is 0 Å². The maximum atomic E-state index is 11.2. The van der Waals surface area contributed by atoms with Gasteiger partial charge in [-0.1, -0.05) is 0 Å². The quantitative estimate of drug-likeness (QED) is 0.607. The molecule has 0 saturated carbocycles. The van der Waals surface area contributed by atoms with Crippen LogP contribution < -0.4 is 20.5 Å². The third kappa shape index (κ3) is 3.88. The number of nitriles is 1. The molecule has 2 heterocycles. The molecule has 11 nitrogen and oxygen atoms in total. The first-order chi connectivity index (χ1) is 11.8. The van der Waals surface area contributed by atoms with Crippen LogP contribution >= 0.6 is 0 Å². The monoisotopic (exact) mass is 344 g/mol. The summed E-state index contributed by atoms with van der Waals surface area (Å²) in [6.45, 7) is 1.68. The van der Waals surface area contributed by atoms with Crippen molar-refractivity contribution in [3.8, 4) is 23.4 Å². The summed E-state index contributed by atoms with van der Waals surface area (Å²) in [7, 11) is 1.40. The van der Waals surface area contributed by atoms with Gasteiger partial charge in [0.05, 0.1) is 17.2 Å². The predicted molar refractivity (Wildman–Crippen MR) is 84.4 cm³/mol. The van der Waals surface area contributed by atoms with Gasteiger partial charge in [0.2, 0.25) is 17.4 Å².